The van der Waals surface area contributed by atoms with Crippen LogP contribution in [0, 0.1) is 13.8 Å². The molecule has 0 N–H and O–H groups in total. The monoisotopic (exact) mass is 362 g/mol. The Hall–Kier alpha value is -3.22. The van der Waals surface area contributed by atoms with E-state index >= 15 is 0 Å². The topological polar surface area (TPSA) is 72.4 Å². The molecular formula is C20H22N6O. The molecule has 0 unspecified atom stereocenters. The molecule has 7 heteroatoms. The SMILES string of the molecule is CCc1cc(N(C)Cc2cc(-c3ccncc3)no2)n2nc(C)c(C)c2n1. The summed E-state index contributed by atoms with van der Waals surface area (Å²) in [5.41, 5.74) is 5.84. The summed E-state index contributed by atoms with van der Waals surface area (Å²) >= 11 is 0. The fourth-order valence-corrected chi connectivity index (χ4v) is 3.08. The summed E-state index contributed by atoms with van der Waals surface area (Å²) in [6, 6.07) is 7.88. The van der Waals surface area contributed by atoms with Crippen LogP contribution < -0.4 is 4.90 Å². The Balaban J connectivity index is 1.66. The van der Waals surface area contributed by atoms with Crippen LogP contribution in [0.4, 0.5) is 5.82 Å². The lowest BCUT2D eigenvalue weighted by molar-refractivity contribution is 0.384. The smallest absolute Gasteiger partial charge is 0.160 e. The van der Waals surface area contributed by atoms with Gasteiger partial charge < -0.3 is 9.42 Å². The van der Waals surface area contributed by atoms with E-state index in [0.29, 0.717) is 6.54 Å². The van der Waals surface area contributed by atoms with Crippen LogP contribution >= 0.6 is 0 Å². The van der Waals surface area contributed by atoms with E-state index in [9.17, 15) is 0 Å². The molecule has 27 heavy (non-hydrogen) atoms. The van der Waals surface area contributed by atoms with Crippen molar-refractivity contribution in [3.8, 4) is 11.3 Å². The fourth-order valence-electron chi connectivity index (χ4n) is 3.08. The number of aromatic nitrogens is 5. The van der Waals surface area contributed by atoms with E-state index in [1.54, 1.807) is 12.4 Å². The van der Waals surface area contributed by atoms with Gasteiger partial charge in [0.25, 0.3) is 0 Å². The number of fused-ring (bicyclic) bond motifs is 1. The van der Waals surface area contributed by atoms with Crippen molar-refractivity contribution in [2.24, 2.45) is 0 Å². The van der Waals surface area contributed by atoms with Gasteiger partial charge in [-0.1, -0.05) is 12.1 Å². The minimum atomic E-state index is 0.582. The molecule has 4 aromatic heterocycles. The van der Waals surface area contributed by atoms with E-state index in [4.69, 9.17) is 9.51 Å². The highest BCUT2D eigenvalue weighted by atomic mass is 16.5. The molecule has 4 heterocycles. The molecule has 4 rings (SSSR count). The Morgan fingerprint density at radius 1 is 1.15 bits per heavy atom. The molecule has 138 valence electrons. The number of anilines is 1. The predicted octanol–water partition coefficient (Wildman–Crippen LogP) is 3.59. The fraction of sp³-hybridized carbons (Fsp3) is 0.300. The van der Waals surface area contributed by atoms with Crippen molar-refractivity contribution in [3.05, 3.63) is 59.4 Å². The molecule has 0 aliphatic heterocycles. The van der Waals surface area contributed by atoms with Crippen molar-refractivity contribution in [1.82, 2.24) is 24.7 Å². The summed E-state index contributed by atoms with van der Waals surface area (Å²) in [5.74, 6) is 1.77. The summed E-state index contributed by atoms with van der Waals surface area (Å²) in [6.07, 6.45) is 4.37. The second-order valence-corrected chi connectivity index (χ2v) is 6.68. The van der Waals surface area contributed by atoms with Crippen LogP contribution in [-0.4, -0.2) is 31.8 Å². The number of aryl methyl sites for hydroxylation is 3. The highest BCUT2D eigenvalue weighted by Crippen LogP contribution is 2.24. The lowest BCUT2D eigenvalue weighted by Crippen LogP contribution is -2.20. The van der Waals surface area contributed by atoms with E-state index in [2.05, 4.69) is 40.1 Å². The third-order valence-corrected chi connectivity index (χ3v) is 4.77. The van der Waals surface area contributed by atoms with Crippen LogP contribution in [0.1, 0.15) is 29.6 Å². The molecule has 0 aliphatic carbocycles. The third kappa shape index (κ3) is 3.16. The Kier molecular flexibility index (Phi) is 4.35. The van der Waals surface area contributed by atoms with Gasteiger partial charge in [-0.05, 0) is 32.4 Å². The Bertz CT molecular complexity index is 1080. The zero-order valence-corrected chi connectivity index (χ0v) is 16.0. The molecule has 0 spiro atoms. The highest BCUT2D eigenvalue weighted by Gasteiger charge is 2.16. The van der Waals surface area contributed by atoms with Gasteiger partial charge in [0, 0.05) is 48.4 Å². The molecule has 0 aliphatic rings. The summed E-state index contributed by atoms with van der Waals surface area (Å²) in [4.78, 5) is 10.9. The molecule has 0 saturated carbocycles. The molecule has 0 amide bonds. The number of hydrogen-bond donors (Lipinski definition) is 0. The average molecular weight is 362 g/mol. The minimum absolute atomic E-state index is 0.582. The normalized spacial score (nSPS) is 11.3. The Labute approximate surface area is 157 Å². The van der Waals surface area contributed by atoms with Crippen molar-refractivity contribution < 1.29 is 4.52 Å². The van der Waals surface area contributed by atoms with Gasteiger partial charge in [-0.2, -0.15) is 9.61 Å². The first-order valence-corrected chi connectivity index (χ1v) is 8.99. The first-order valence-electron chi connectivity index (χ1n) is 8.99. The first-order chi connectivity index (χ1) is 13.1. The summed E-state index contributed by atoms with van der Waals surface area (Å²) in [5, 5.41) is 8.85. The van der Waals surface area contributed by atoms with Crippen molar-refractivity contribution >= 4 is 11.5 Å². The zero-order valence-electron chi connectivity index (χ0n) is 16.0. The molecule has 0 fully saturated rings. The van der Waals surface area contributed by atoms with Crippen LogP contribution in [0.3, 0.4) is 0 Å². The summed E-state index contributed by atoms with van der Waals surface area (Å²) < 4.78 is 7.46. The Morgan fingerprint density at radius 3 is 2.67 bits per heavy atom. The number of pyridine rings is 1. The number of hydrogen-bond acceptors (Lipinski definition) is 6. The zero-order chi connectivity index (χ0) is 19.0. The maximum atomic E-state index is 5.55. The van der Waals surface area contributed by atoms with Gasteiger partial charge in [0.1, 0.15) is 11.5 Å². The van der Waals surface area contributed by atoms with E-state index in [0.717, 1.165) is 51.9 Å². The average Bonchev–Trinajstić information content (AvgIpc) is 3.27. The number of rotatable bonds is 5. The van der Waals surface area contributed by atoms with Gasteiger partial charge in [-0.25, -0.2) is 4.98 Å². The van der Waals surface area contributed by atoms with Gasteiger partial charge >= 0.3 is 0 Å². The lowest BCUT2D eigenvalue weighted by Gasteiger charge is -2.19. The van der Waals surface area contributed by atoms with Gasteiger partial charge in [0.05, 0.1) is 12.2 Å². The molecule has 7 nitrogen and oxygen atoms in total. The van der Waals surface area contributed by atoms with Gasteiger partial charge in [0.15, 0.2) is 11.4 Å². The van der Waals surface area contributed by atoms with E-state index < -0.39 is 0 Å². The van der Waals surface area contributed by atoms with Crippen molar-refractivity contribution in [2.45, 2.75) is 33.7 Å². The molecule has 0 aromatic carbocycles. The molecule has 0 saturated heterocycles. The highest BCUT2D eigenvalue weighted by molar-refractivity contribution is 5.59. The van der Waals surface area contributed by atoms with E-state index in [1.165, 1.54) is 0 Å². The molecule has 4 aromatic rings. The van der Waals surface area contributed by atoms with E-state index in [1.807, 2.05) is 36.7 Å². The first kappa shape index (κ1) is 17.2. The molecule has 0 atom stereocenters. The Morgan fingerprint density at radius 2 is 1.93 bits per heavy atom. The van der Waals surface area contributed by atoms with Crippen LogP contribution in [0.25, 0.3) is 16.9 Å². The second-order valence-electron chi connectivity index (χ2n) is 6.68. The second kappa shape index (κ2) is 6.83. The van der Waals surface area contributed by atoms with Crippen LogP contribution in [0.2, 0.25) is 0 Å². The molecule has 0 bridgehead atoms. The van der Waals surface area contributed by atoms with E-state index in [-0.39, 0.29) is 0 Å². The number of nitrogens with zero attached hydrogens (tertiary/aromatic N) is 6. The quantitative estimate of drug-likeness (QED) is 0.540. The van der Waals surface area contributed by atoms with Crippen LogP contribution in [-0.2, 0) is 13.0 Å². The predicted molar refractivity (Wildman–Crippen MR) is 104 cm³/mol. The van der Waals surface area contributed by atoms with Crippen LogP contribution in [0.5, 0.6) is 0 Å². The maximum Gasteiger partial charge on any atom is 0.160 e. The summed E-state index contributed by atoms with van der Waals surface area (Å²) in [6.45, 7) is 6.76. The third-order valence-electron chi connectivity index (χ3n) is 4.77. The minimum Gasteiger partial charge on any atom is -0.359 e. The largest absolute Gasteiger partial charge is 0.359 e. The standard InChI is InChI=1S/C20H22N6O/c1-5-16-10-19(26-20(22-16)13(2)14(3)23-26)25(4)12-17-11-18(24-27-17)15-6-8-21-9-7-15/h6-11H,5,12H2,1-4H3. The van der Waals surface area contributed by atoms with Crippen molar-refractivity contribution in [2.75, 3.05) is 11.9 Å². The van der Waals surface area contributed by atoms with Gasteiger partial charge in [0.2, 0.25) is 0 Å². The van der Waals surface area contributed by atoms with Crippen LogP contribution in [0.15, 0.2) is 41.2 Å². The maximum absolute atomic E-state index is 5.55. The molecular weight excluding hydrogens is 340 g/mol. The van der Waals surface area contributed by atoms with Crippen molar-refractivity contribution in [3.63, 3.8) is 0 Å². The summed E-state index contributed by atoms with van der Waals surface area (Å²) in [7, 11) is 2.02. The van der Waals surface area contributed by atoms with Gasteiger partial charge in [-0.15, -0.1) is 0 Å². The molecule has 0 radical (unpaired) electrons. The van der Waals surface area contributed by atoms with Gasteiger partial charge in [-0.3, -0.25) is 4.98 Å². The van der Waals surface area contributed by atoms with Crippen molar-refractivity contribution in [1.29, 1.82) is 0 Å². The lowest BCUT2D eigenvalue weighted by atomic mass is 10.2.